The van der Waals surface area contributed by atoms with Crippen LogP contribution in [-0.4, -0.2) is 63.5 Å². The first-order valence-corrected chi connectivity index (χ1v) is 6.86. The summed E-state index contributed by atoms with van der Waals surface area (Å²) in [5.41, 5.74) is 0. The lowest BCUT2D eigenvalue weighted by Gasteiger charge is -2.29. The molecule has 1 unspecified atom stereocenters. The number of rotatable bonds is 12. The van der Waals surface area contributed by atoms with Gasteiger partial charge < -0.3 is 14.8 Å². The summed E-state index contributed by atoms with van der Waals surface area (Å²) in [5, 5.41) is 3.39. The fourth-order valence-corrected chi connectivity index (χ4v) is 1.69. The maximum Gasteiger partial charge on any atom is 0.0593 e. The van der Waals surface area contributed by atoms with Crippen LogP contribution in [0.15, 0.2) is 0 Å². The van der Waals surface area contributed by atoms with Crippen molar-refractivity contribution in [1.29, 1.82) is 0 Å². The van der Waals surface area contributed by atoms with Crippen molar-refractivity contribution in [2.75, 3.05) is 52.6 Å². The highest BCUT2D eigenvalue weighted by Crippen LogP contribution is 1.98. The SMILES string of the molecule is CCNCC(C)N(CCOCC)CCOCC. The van der Waals surface area contributed by atoms with Crippen LogP contribution in [-0.2, 0) is 9.47 Å². The van der Waals surface area contributed by atoms with E-state index in [4.69, 9.17) is 9.47 Å². The molecule has 0 amide bonds. The number of ether oxygens (including phenoxy) is 2. The fraction of sp³-hybridized carbons (Fsp3) is 1.00. The molecule has 1 N–H and O–H groups in total. The van der Waals surface area contributed by atoms with Crippen LogP contribution in [0, 0.1) is 0 Å². The van der Waals surface area contributed by atoms with Gasteiger partial charge in [0.15, 0.2) is 0 Å². The van der Waals surface area contributed by atoms with Gasteiger partial charge in [-0.25, -0.2) is 0 Å². The highest BCUT2D eigenvalue weighted by Gasteiger charge is 2.12. The Balaban J connectivity index is 3.89. The molecular weight excluding hydrogens is 216 g/mol. The van der Waals surface area contributed by atoms with Crippen LogP contribution in [0.3, 0.4) is 0 Å². The van der Waals surface area contributed by atoms with E-state index in [9.17, 15) is 0 Å². The third-order valence-electron chi connectivity index (χ3n) is 2.77. The Hall–Kier alpha value is -0.160. The van der Waals surface area contributed by atoms with Crippen molar-refractivity contribution in [1.82, 2.24) is 10.2 Å². The lowest BCUT2D eigenvalue weighted by Crippen LogP contribution is -2.43. The highest BCUT2D eigenvalue weighted by atomic mass is 16.5. The van der Waals surface area contributed by atoms with E-state index in [1.807, 2.05) is 13.8 Å². The van der Waals surface area contributed by atoms with Gasteiger partial charge in [0.1, 0.15) is 0 Å². The molecule has 0 aliphatic heterocycles. The third kappa shape index (κ3) is 9.53. The second kappa shape index (κ2) is 12.3. The lowest BCUT2D eigenvalue weighted by molar-refractivity contribution is 0.0663. The fourth-order valence-electron chi connectivity index (χ4n) is 1.69. The summed E-state index contributed by atoms with van der Waals surface area (Å²) in [5.74, 6) is 0. The molecule has 0 spiro atoms. The Labute approximate surface area is 107 Å². The van der Waals surface area contributed by atoms with Gasteiger partial charge >= 0.3 is 0 Å². The van der Waals surface area contributed by atoms with Crippen LogP contribution in [0.1, 0.15) is 27.7 Å². The Morgan fingerprint density at radius 1 is 1.00 bits per heavy atom. The van der Waals surface area contributed by atoms with Gasteiger partial charge in [0.2, 0.25) is 0 Å². The number of nitrogens with zero attached hydrogens (tertiary/aromatic N) is 1. The van der Waals surface area contributed by atoms with E-state index in [1.54, 1.807) is 0 Å². The zero-order chi connectivity index (χ0) is 12.9. The topological polar surface area (TPSA) is 33.7 Å². The normalized spacial score (nSPS) is 13.2. The van der Waals surface area contributed by atoms with Crippen molar-refractivity contribution in [3.63, 3.8) is 0 Å². The van der Waals surface area contributed by atoms with Gasteiger partial charge in [-0.15, -0.1) is 0 Å². The van der Waals surface area contributed by atoms with Crippen LogP contribution in [0.5, 0.6) is 0 Å². The van der Waals surface area contributed by atoms with Gasteiger partial charge in [-0.1, -0.05) is 6.92 Å². The molecule has 0 aromatic carbocycles. The first-order chi connectivity index (χ1) is 8.26. The van der Waals surface area contributed by atoms with E-state index in [0.29, 0.717) is 6.04 Å². The molecule has 0 fully saturated rings. The van der Waals surface area contributed by atoms with Gasteiger partial charge in [0.05, 0.1) is 13.2 Å². The van der Waals surface area contributed by atoms with Crippen molar-refractivity contribution in [2.45, 2.75) is 33.7 Å². The van der Waals surface area contributed by atoms with Crippen LogP contribution < -0.4 is 5.32 Å². The van der Waals surface area contributed by atoms with Gasteiger partial charge in [-0.2, -0.15) is 0 Å². The molecule has 1 atom stereocenters. The maximum absolute atomic E-state index is 5.42. The Bertz CT molecular complexity index is 146. The van der Waals surface area contributed by atoms with Crippen LogP contribution in [0.4, 0.5) is 0 Å². The minimum Gasteiger partial charge on any atom is -0.380 e. The predicted octanol–water partition coefficient (Wildman–Crippen LogP) is 1.36. The molecule has 0 aliphatic rings. The zero-order valence-corrected chi connectivity index (χ0v) is 12.0. The molecule has 0 radical (unpaired) electrons. The van der Waals surface area contributed by atoms with E-state index in [2.05, 4.69) is 24.1 Å². The largest absolute Gasteiger partial charge is 0.380 e. The van der Waals surface area contributed by atoms with Crippen molar-refractivity contribution < 1.29 is 9.47 Å². The zero-order valence-electron chi connectivity index (χ0n) is 12.0. The number of hydrogen-bond donors (Lipinski definition) is 1. The molecule has 4 nitrogen and oxygen atoms in total. The Morgan fingerprint density at radius 3 is 1.94 bits per heavy atom. The van der Waals surface area contributed by atoms with E-state index < -0.39 is 0 Å². The molecule has 0 heterocycles. The van der Waals surface area contributed by atoms with E-state index >= 15 is 0 Å². The molecule has 0 saturated heterocycles. The number of nitrogens with one attached hydrogen (secondary N) is 1. The average molecular weight is 246 g/mol. The van der Waals surface area contributed by atoms with Crippen molar-refractivity contribution in [2.24, 2.45) is 0 Å². The number of hydrogen-bond acceptors (Lipinski definition) is 4. The molecule has 0 saturated carbocycles. The molecule has 104 valence electrons. The lowest BCUT2D eigenvalue weighted by atomic mass is 10.2. The van der Waals surface area contributed by atoms with Crippen LogP contribution in [0.2, 0.25) is 0 Å². The molecule has 0 aromatic heterocycles. The summed E-state index contributed by atoms with van der Waals surface area (Å²) >= 11 is 0. The highest BCUT2D eigenvalue weighted by molar-refractivity contribution is 4.69. The molecule has 0 aliphatic carbocycles. The monoisotopic (exact) mass is 246 g/mol. The Kier molecular flexibility index (Phi) is 12.2. The molecule has 0 rings (SSSR count). The summed E-state index contributed by atoms with van der Waals surface area (Å²) in [6.45, 7) is 15.7. The average Bonchev–Trinajstić information content (AvgIpc) is 2.34. The smallest absolute Gasteiger partial charge is 0.0593 e. The first-order valence-electron chi connectivity index (χ1n) is 6.86. The number of likely N-dealkylation sites (N-methyl/N-ethyl adjacent to an activating group) is 1. The summed E-state index contributed by atoms with van der Waals surface area (Å²) in [7, 11) is 0. The summed E-state index contributed by atoms with van der Waals surface area (Å²) in [4.78, 5) is 2.42. The van der Waals surface area contributed by atoms with Crippen LogP contribution in [0.25, 0.3) is 0 Å². The molecular formula is C13H30N2O2. The second-order valence-electron chi connectivity index (χ2n) is 4.09. The molecule has 0 aromatic rings. The minimum atomic E-state index is 0.524. The van der Waals surface area contributed by atoms with Gasteiger partial charge in [0.25, 0.3) is 0 Å². The summed E-state index contributed by atoms with van der Waals surface area (Å²) in [6, 6.07) is 0.524. The molecule has 0 bridgehead atoms. The Morgan fingerprint density at radius 2 is 1.53 bits per heavy atom. The predicted molar refractivity (Wildman–Crippen MR) is 72.6 cm³/mol. The minimum absolute atomic E-state index is 0.524. The van der Waals surface area contributed by atoms with Crippen molar-refractivity contribution in [3.8, 4) is 0 Å². The standard InChI is InChI=1S/C13H30N2O2/c1-5-14-12-13(4)15(8-10-16-6-2)9-11-17-7-3/h13-14H,5-12H2,1-4H3. The third-order valence-corrected chi connectivity index (χ3v) is 2.77. The quantitative estimate of drug-likeness (QED) is 0.527. The molecule has 4 heteroatoms. The van der Waals surface area contributed by atoms with E-state index in [0.717, 1.165) is 52.6 Å². The van der Waals surface area contributed by atoms with E-state index in [1.165, 1.54) is 0 Å². The summed E-state index contributed by atoms with van der Waals surface area (Å²) in [6.07, 6.45) is 0. The van der Waals surface area contributed by atoms with Gasteiger partial charge in [0, 0.05) is 38.9 Å². The second-order valence-corrected chi connectivity index (χ2v) is 4.09. The molecule has 17 heavy (non-hydrogen) atoms. The first kappa shape index (κ1) is 16.8. The van der Waals surface area contributed by atoms with Gasteiger partial charge in [-0.3, -0.25) is 4.90 Å². The summed E-state index contributed by atoms with van der Waals surface area (Å²) < 4.78 is 10.8. The van der Waals surface area contributed by atoms with Crippen molar-refractivity contribution >= 4 is 0 Å². The van der Waals surface area contributed by atoms with Gasteiger partial charge in [-0.05, 0) is 27.3 Å². The van der Waals surface area contributed by atoms with E-state index in [-0.39, 0.29) is 0 Å². The maximum atomic E-state index is 5.42. The van der Waals surface area contributed by atoms with Crippen LogP contribution >= 0.6 is 0 Å². The van der Waals surface area contributed by atoms with Crippen molar-refractivity contribution in [3.05, 3.63) is 0 Å².